The van der Waals surface area contributed by atoms with Crippen LogP contribution in [0, 0.1) is 24.4 Å². The Balaban J connectivity index is 0.000000248. The predicted molar refractivity (Wildman–Crippen MR) is 229 cm³/mol. The Morgan fingerprint density at radius 2 is 1.54 bits per heavy atom. The van der Waals surface area contributed by atoms with Gasteiger partial charge in [0.2, 0.25) is 0 Å². The van der Waals surface area contributed by atoms with Crippen molar-refractivity contribution in [3.8, 4) is 22.5 Å². The average Bonchev–Trinajstić information content (AvgIpc) is 3.62. The Kier molecular flexibility index (Phi) is 9.41. The van der Waals surface area contributed by atoms with Crippen LogP contribution in [0.4, 0.5) is 0 Å². The second-order valence-corrected chi connectivity index (χ2v) is 16.8. The van der Waals surface area contributed by atoms with Crippen LogP contribution in [0.2, 0.25) is 0 Å². The summed E-state index contributed by atoms with van der Waals surface area (Å²) in [6, 6.07) is 41.5. The van der Waals surface area contributed by atoms with Crippen LogP contribution in [-0.2, 0) is 25.5 Å². The number of fused-ring (bicyclic) bond motifs is 6. The van der Waals surface area contributed by atoms with E-state index in [1.807, 2.05) is 48.7 Å². The maximum atomic E-state index is 9.63. The zero-order valence-corrected chi connectivity index (χ0v) is 34.9. The summed E-state index contributed by atoms with van der Waals surface area (Å²) in [5.74, 6) is -0.954. The molecule has 3 aromatic heterocycles. The normalized spacial score (nSPS) is 17.7. The van der Waals surface area contributed by atoms with Gasteiger partial charge in [0.15, 0.2) is 0 Å². The third-order valence-electron chi connectivity index (χ3n) is 12.3. The van der Waals surface area contributed by atoms with Gasteiger partial charge in [0, 0.05) is 43.4 Å². The molecule has 4 heteroatoms. The molecule has 5 aromatic carbocycles. The topological polar surface area (TPSA) is 38.9 Å². The van der Waals surface area contributed by atoms with Gasteiger partial charge in [-0.15, -0.1) is 54.1 Å². The van der Waals surface area contributed by atoms with Gasteiger partial charge in [-0.25, -0.2) is 0 Å². The maximum Gasteiger partial charge on any atom is 0.121 e. The summed E-state index contributed by atoms with van der Waals surface area (Å²) in [4.78, 5) is 9.06. The van der Waals surface area contributed by atoms with E-state index in [9.17, 15) is 1.37 Å². The molecule has 3 heterocycles. The van der Waals surface area contributed by atoms with Crippen LogP contribution in [0.25, 0.3) is 66.0 Å². The van der Waals surface area contributed by atoms with Gasteiger partial charge in [-0.3, -0.25) is 0 Å². The molecule has 0 amide bonds. The van der Waals surface area contributed by atoms with Crippen LogP contribution in [0.1, 0.15) is 107 Å². The van der Waals surface area contributed by atoms with E-state index in [0.717, 1.165) is 51.2 Å². The largest absolute Gasteiger partial charge is 0.501 e. The third-order valence-corrected chi connectivity index (χ3v) is 12.3. The molecule has 285 valence electrons. The van der Waals surface area contributed by atoms with Crippen molar-refractivity contribution in [3.63, 3.8) is 0 Å². The molecule has 0 saturated heterocycles. The minimum atomic E-state index is -2.34. The summed E-state index contributed by atoms with van der Waals surface area (Å²) in [6.45, 7) is 4.29. The van der Waals surface area contributed by atoms with Crippen LogP contribution in [0.15, 0.2) is 120 Å². The number of pyridine rings is 2. The van der Waals surface area contributed by atoms with E-state index in [0.29, 0.717) is 40.7 Å². The first-order valence-electron chi connectivity index (χ1n) is 21.9. The maximum absolute atomic E-state index is 9.63. The predicted octanol–water partition coefficient (Wildman–Crippen LogP) is 14.5. The number of hydrogen-bond donors (Lipinski definition) is 0. The third kappa shape index (κ3) is 7.47. The molecule has 0 unspecified atom stereocenters. The quantitative estimate of drug-likeness (QED) is 0.131. The van der Waals surface area contributed by atoms with Crippen molar-refractivity contribution in [2.45, 2.75) is 96.7 Å². The van der Waals surface area contributed by atoms with Crippen molar-refractivity contribution >= 4 is 43.5 Å². The fourth-order valence-electron chi connectivity index (χ4n) is 9.07. The molecule has 2 saturated carbocycles. The molecule has 2 aliphatic carbocycles. The van der Waals surface area contributed by atoms with Crippen molar-refractivity contribution in [1.29, 1.82) is 0 Å². The number of aromatic nitrogens is 2. The van der Waals surface area contributed by atoms with Gasteiger partial charge in [-0.05, 0) is 130 Å². The number of furan rings is 1. The minimum Gasteiger partial charge on any atom is -0.501 e. The van der Waals surface area contributed by atoms with E-state index in [-0.39, 0.29) is 31.1 Å². The Morgan fingerprint density at radius 3 is 2.32 bits per heavy atom. The summed E-state index contributed by atoms with van der Waals surface area (Å²) < 4.78 is 41.1. The Hall–Kier alpha value is -4.63. The Labute approximate surface area is 350 Å². The van der Waals surface area contributed by atoms with Crippen molar-refractivity contribution < 1.29 is 30.0 Å². The smallest absolute Gasteiger partial charge is 0.121 e. The number of rotatable bonds is 3. The van der Waals surface area contributed by atoms with Gasteiger partial charge in [-0.1, -0.05) is 99.5 Å². The molecule has 8 aromatic rings. The van der Waals surface area contributed by atoms with Crippen LogP contribution in [0.3, 0.4) is 0 Å². The van der Waals surface area contributed by atoms with E-state index in [4.69, 9.17) is 8.53 Å². The number of benzene rings is 5. The summed E-state index contributed by atoms with van der Waals surface area (Å²) in [6.07, 6.45) is 13.0. The second kappa shape index (κ2) is 15.7. The van der Waals surface area contributed by atoms with Gasteiger partial charge in [-0.2, -0.15) is 0 Å². The van der Waals surface area contributed by atoms with Crippen LogP contribution in [-0.4, -0.2) is 9.97 Å². The Bertz CT molecular complexity index is 2810. The fraction of sp³-hybridized carbons (Fsp3) is 0.308. The van der Waals surface area contributed by atoms with Crippen molar-refractivity contribution in [3.05, 3.63) is 144 Å². The molecule has 1 radical (unpaired) electrons. The molecule has 0 atom stereocenters. The molecule has 0 bridgehead atoms. The zero-order chi connectivity index (χ0) is 41.0. The standard InChI is InChI=1S/C37H34NO.C15H16N.Ir/c1-24-23-38-34(21-31(24)26-14-18-37(19-15-26)16-5-2-6-17-37)30-11-7-10-29-33-20-27-13-12-25-8-3-4-9-28(25)32(27)22-35(33)39-36(29)30;1-15(2,3)13-9-10-16-14(11-13)12-7-5-4-6-8-12;/h3-4,7-10,12-13,20-23,26H,2,5-6,14-19H2,1H3;4-7,9-11H,1-3H3;/q2*-1;/i1D3,26D;;. The van der Waals surface area contributed by atoms with E-state index in [1.165, 1.54) is 54.6 Å². The summed E-state index contributed by atoms with van der Waals surface area (Å²) in [7, 11) is 0. The molecular weight excluding hydrogens is 861 g/mol. The molecule has 0 aliphatic heterocycles. The second-order valence-electron chi connectivity index (χ2n) is 16.8. The Morgan fingerprint density at radius 1 is 0.732 bits per heavy atom. The first kappa shape index (κ1) is 33.5. The molecule has 3 nitrogen and oxygen atoms in total. The van der Waals surface area contributed by atoms with E-state index in [2.05, 4.69) is 104 Å². The summed E-state index contributed by atoms with van der Waals surface area (Å²) in [5.41, 5.74) is 7.39. The monoisotopic (exact) mass is 915 g/mol. The van der Waals surface area contributed by atoms with Gasteiger partial charge >= 0.3 is 0 Å². The fourth-order valence-corrected chi connectivity index (χ4v) is 9.07. The van der Waals surface area contributed by atoms with Gasteiger partial charge in [0.1, 0.15) is 5.58 Å². The molecule has 1 spiro atoms. The summed E-state index contributed by atoms with van der Waals surface area (Å²) >= 11 is 0. The minimum absolute atomic E-state index is 0. The molecule has 0 N–H and O–H groups in total. The van der Waals surface area contributed by atoms with Crippen molar-refractivity contribution in [1.82, 2.24) is 9.97 Å². The van der Waals surface area contributed by atoms with Crippen LogP contribution >= 0.6 is 0 Å². The van der Waals surface area contributed by atoms with E-state index in [1.54, 1.807) is 0 Å². The van der Waals surface area contributed by atoms with Crippen LogP contribution < -0.4 is 0 Å². The van der Waals surface area contributed by atoms with Crippen molar-refractivity contribution in [2.75, 3.05) is 0 Å². The van der Waals surface area contributed by atoms with Gasteiger partial charge in [0.25, 0.3) is 0 Å². The number of hydrogen-bond acceptors (Lipinski definition) is 3. The molecule has 2 fully saturated rings. The van der Waals surface area contributed by atoms with Gasteiger partial charge < -0.3 is 14.4 Å². The summed E-state index contributed by atoms with van der Waals surface area (Å²) in [5, 5.41) is 6.65. The average molecular weight is 915 g/mol. The first-order chi connectivity index (χ1) is 28.3. The molecular formula is C52H50IrN2O-2. The molecule has 10 rings (SSSR count). The van der Waals surface area contributed by atoms with Crippen molar-refractivity contribution in [2.24, 2.45) is 5.41 Å². The first-order valence-corrected chi connectivity index (χ1v) is 19.9. The molecule has 2 aliphatic rings. The van der Waals surface area contributed by atoms with E-state index >= 15 is 0 Å². The van der Waals surface area contributed by atoms with Crippen LogP contribution in [0.5, 0.6) is 0 Å². The SMILES string of the molecule is CC(C)(C)c1ccnc(-c2[c-]cccc2)c1.[2H]C([2H])([2H])c1cnc(-c2[c-]ccc3c2oc2cc4c(ccc5ccccc54)cc23)cc1C1([2H])CCC2(CCCCC2)CC1.[Ir]. The van der Waals surface area contributed by atoms with E-state index < -0.39 is 12.7 Å². The number of aryl methyl sites for hydroxylation is 1. The zero-order valence-electron chi connectivity index (χ0n) is 36.5. The molecule has 56 heavy (non-hydrogen) atoms. The number of nitrogens with zero attached hydrogens (tertiary/aromatic N) is 2. The van der Waals surface area contributed by atoms with Gasteiger partial charge in [0.05, 0.1) is 5.58 Å².